The maximum Gasteiger partial charge on any atom is 0.252 e. The lowest BCUT2D eigenvalue weighted by Crippen LogP contribution is -2.30. The maximum absolute atomic E-state index is 11.8. The normalized spacial score (nSPS) is 10.2. The van der Waals surface area contributed by atoms with E-state index in [0.29, 0.717) is 17.1 Å². The second kappa shape index (κ2) is 6.78. The first kappa shape index (κ1) is 13.4. The zero-order chi connectivity index (χ0) is 12.0. The van der Waals surface area contributed by atoms with Crippen LogP contribution in [-0.4, -0.2) is 32.3 Å². The minimum Gasteiger partial charge on any atom is -0.351 e. The number of thioether (sulfide) groups is 1. The first-order valence-corrected chi connectivity index (χ1v) is 6.55. The Labute approximate surface area is 105 Å². The van der Waals surface area contributed by atoms with E-state index in [9.17, 15) is 4.79 Å². The van der Waals surface area contributed by atoms with Crippen LogP contribution >= 0.6 is 23.4 Å². The summed E-state index contributed by atoms with van der Waals surface area (Å²) >= 11 is 7.56. The average Bonchev–Trinajstić information content (AvgIpc) is 2.30. The van der Waals surface area contributed by atoms with Crippen molar-refractivity contribution in [2.75, 3.05) is 26.4 Å². The largest absolute Gasteiger partial charge is 0.351 e. The Morgan fingerprint density at radius 2 is 2.19 bits per heavy atom. The second-order valence-corrected chi connectivity index (χ2v) is 4.49. The van der Waals surface area contributed by atoms with Crippen molar-refractivity contribution in [3.05, 3.63) is 28.8 Å². The quantitative estimate of drug-likeness (QED) is 0.627. The SMILES string of the molecule is CNCCNC(=O)c1cc(SC)ccc1Cl. The highest BCUT2D eigenvalue weighted by molar-refractivity contribution is 7.98. The van der Waals surface area contributed by atoms with Gasteiger partial charge in [0.1, 0.15) is 0 Å². The summed E-state index contributed by atoms with van der Waals surface area (Å²) in [7, 11) is 1.84. The van der Waals surface area contributed by atoms with Crippen molar-refractivity contribution in [1.29, 1.82) is 0 Å². The van der Waals surface area contributed by atoms with Gasteiger partial charge in [0.25, 0.3) is 5.91 Å². The molecule has 88 valence electrons. The standard InChI is InChI=1S/C11H15ClN2OS/c1-13-5-6-14-11(15)9-7-8(16-2)3-4-10(9)12/h3-4,7,13H,5-6H2,1-2H3,(H,14,15). The Morgan fingerprint density at radius 1 is 1.44 bits per heavy atom. The molecule has 1 amide bonds. The van der Waals surface area contributed by atoms with Crippen molar-refractivity contribution < 1.29 is 4.79 Å². The molecule has 0 atom stereocenters. The zero-order valence-corrected chi connectivity index (χ0v) is 10.9. The van der Waals surface area contributed by atoms with Gasteiger partial charge in [-0.1, -0.05) is 11.6 Å². The highest BCUT2D eigenvalue weighted by atomic mass is 35.5. The van der Waals surface area contributed by atoms with Crippen LogP contribution in [0, 0.1) is 0 Å². The molecule has 0 aliphatic carbocycles. The van der Waals surface area contributed by atoms with Gasteiger partial charge in [0, 0.05) is 18.0 Å². The molecule has 0 spiro atoms. The van der Waals surface area contributed by atoms with E-state index in [4.69, 9.17) is 11.6 Å². The van der Waals surface area contributed by atoms with E-state index in [1.807, 2.05) is 25.4 Å². The minimum absolute atomic E-state index is 0.129. The van der Waals surface area contributed by atoms with Crippen molar-refractivity contribution in [2.45, 2.75) is 4.90 Å². The fraction of sp³-hybridized carbons (Fsp3) is 0.364. The summed E-state index contributed by atoms with van der Waals surface area (Å²) in [4.78, 5) is 12.8. The molecule has 0 unspecified atom stereocenters. The molecule has 0 aromatic heterocycles. The van der Waals surface area contributed by atoms with E-state index in [1.54, 1.807) is 17.8 Å². The number of hydrogen-bond donors (Lipinski definition) is 2. The summed E-state index contributed by atoms with van der Waals surface area (Å²) in [6.07, 6.45) is 1.96. The number of halogens is 1. The monoisotopic (exact) mass is 258 g/mol. The van der Waals surface area contributed by atoms with E-state index >= 15 is 0 Å². The molecule has 1 rings (SSSR count). The number of benzene rings is 1. The van der Waals surface area contributed by atoms with Crippen molar-refractivity contribution in [1.82, 2.24) is 10.6 Å². The first-order chi connectivity index (χ1) is 7.69. The molecule has 16 heavy (non-hydrogen) atoms. The van der Waals surface area contributed by atoms with Gasteiger partial charge in [-0.05, 0) is 31.5 Å². The molecule has 0 radical (unpaired) electrons. The molecule has 0 saturated heterocycles. The lowest BCUT2D eigenvalue weighted by molar-refractivity contribution is 0.0954. The molecule has 1 aromatic carbocycles. The van der Waals surface area contributed by atoms with E-state index in [0.717, 1.165) is 11.4 Å². The van der Waals surface area contributed by atoms with Crippen LogP contribution in [0.25, 0.3) is 0 Å². The van der Waals surface area contributed by atoms with Crippen LogP contribution in [0.5, 0.6) is 0 Å². The molecule has 3 nitrogen and oxygen atoms in total. The van der Waals surface area contributed by atoms with Crippen molar-refractivity contribution >= 4 is 29.3 Å². The number of nitrogens with one attached hydrogen (secondary N) is 2. The third-order valence-corrected chi connectivity index (χ3v) is 3.13. The summed E-state index contributed by atoms with van der Waals surface area (Å²) < 4.78 is 0. The van der Waals surface area contributed by atoms with E-state index in [-0.39, 0.29) is 5.91 Å². The lowest BCUT2D eigenvalue weighted by Gasteiger charge is -2.07. The molecule has 0 fully saturated rings. The van der Waals surface area contributed by atoms with Crippen molar-refractivity contribution in [3.63, 3.8) is 0 Å². The average molecular weight is 259 g/mol. The van der Waals surface area contributed by atoms with Crippen LogP contribution in [0.1, 0.15) is 10.4 Å². The second-order valence-electron chi connectivity index (χ2n) is 3.21. The fourth-order valence-corrected chi connectivity index (χ4v) is 1.84. The number of carbonyl (C=O) groups excluding carboxylic acids is 1. The first-order valence-electron chi connectivity index (χ1n) is 4.95. The predicted octanol–water partition coefficient (Wildman–Crippen LogP) is 2.01. The van der Waals surface area contributed by atoms with Crippen LogP contribution < -0.4 is 10.6 Å². The van der Waals surface area contributed by atoms with Gasteiger partial charge in [-0.2, -0.15) is 0 Å². The van der Waals surface area contributed by atoms with Gasteiger partial charge in [-0.25, -0.2) is 0 Å². The van der Waals surface area contributed by atoms with Gasteiger partial charge in [0.05, 0.1) is 10.6 Å². The van der Waals surface area contributed by atoms with E-state index in [2.05, 4.69) is 10.6 Å². The van der Waals surface area contributed by atoms with Gasteiger partial charge >= 0.3 is 0 Å². The summed E-state index contributed by atoms with van der Waals surface area (Å²) in [6, 6.07) is 5.46. The topological polar surface area (TPSA) is 41.1 Å². The number of likely N-dealkylation sites (N-methyl/N-ethyl adjacent to an activating group) is 1. The molecule has 0 aliphatic heterocycles. The fourth-order valence-electron chi connectivity index (χ4n) is 1.20. The van der Waals surface area contributed by atoms with Crippen molar-refractivity contribution in [2.24, 2.45) is 0 Å². The zero-order valence-electron chi connectivity index (χ0n) is 9.34. The van der Waals surface area contributed by atoms with Gasteiger partial charge in [0.15, 0.2) is 0 Å². The highest BCUT2D eigenvalue weighted by Crippen LogP contribution is 2.22. The third kappa shape index (κ3) is 3.70. The van der Waals surface area contributed by atoms with Crippen LogP contribution in [-0.2, 0) is 0 Å². The smallest absolute Gasteiger partial charge is 0.252 e. The van der Waals surface area contributed by atoms with Crippen LogP contribution in [0.15, 0.2) is 23.1 Å². The molecule has 0 heterocycles. The third-order valence-electron chi connectivity index (χ3n) is 2.08. The van der Waals surface area contributed by atoms with Gasteiger partial charge in [-0.15, -0.1) is 11.8 Å². The summed E-state index contributed by atoms with van der Waals surface area (Å²) in [5.74, 6) is -0.129. The number of carbonyl (C=O) groups is 1. The Bertz CT molecular complexity index is 371. The molecular formula is C11H15ClN2OS. The van der Waals surface area contributed by atoms with Gasteiger partial charge < -0.3 is 10.6 Å². The highest BCUT2D eigenvalue weighted by Gasteiger charge is 2.10. The molecule has 5 heteroatoms. The predicted molar refractivity (Wildman–Crippen MR) is 69.5 cm³/mol. The Hall–Kier alpha value is -0.710. The van der Waals surface area contributed by atoms with Gasteiger partial charge in [-0.3, -0.25) is 4.79 Å². The van der Waals surface area contributed by atoms with Crippen LogP contribution in [0.4, 0.5) is 0 Å². The molecule has 0 bridgehead atoms. The Morgan fingerprint density at radius 3 is 2.81 bits per heavy atom. The van der Waals surface area contributed by atoms with Crippen LogP contribution in [0.3, 0.4) is 0 Å². The Balaban J connectivity index is 2.73. The molecule has 1 aromatic rings. The molecule has 2 N–H and O–H groups in total. The van der Waals surface area contributed by atoms with Gasteiger partial charge in [0.2, 0.25) is 0 Å². The molecule has 0 saturated carbocycles. The van der Waals surface area contributed by atoms with Crippen molar-refractivity contribution in [3.8, 4) is 0 Å². The summed E-state index contributed by atoms with van der Waals surface area (Å²) in [5.41, 5.74) is 0.532. The maximum atomic E-state index is 11.8. The Kier molecular flexibility index (Phi) is 5.66. The molecular weight excluding hydrogens is 244 g/mol. The molecule has 0 aliphatic rings. The number of amides is 1. The number of rotatable bonds is 5. The minimum atomic E-state index is -0.129. The van der Waals surface area contributed by atoms with E-state index in [1.165, 1.54) is 0 Å². The lowest BCUT2D eigenvalue weighted by atomic mass is 10.2. The number of hydrogen-bond acceptors (Lipinski definition) is 3. The van der Waals surface area contributed by atoms with Crippen LogP contribution in [0.2, 0.25) is 5.02 Å². The summed E-state index contributed by atoms with van der Waals surface area (Å²) in [6.45, 7) is 1.33. The van der Waals surface area contributed by atoms with E-state index < -0.39 is 0 Å². The summed E-state index contributed by atoms with van der Waals surface area (Å²) in [5, 5.41) is 6.24.